The first-order chi connectivity index (χ1) is 14.3. The average molecular weight is 435 g/mol. The normalized spacial score (nSPS) is 13.1. The van der Waals surface area contributed by atoms with Gasteiger partial charge in [0.25, 0.3) is 11.5 Å². The lowest BCUT2D eigenvalue weighted by molar-refractivity contribution is 0.0583. The summed E-state index contributed by atoms with van der Waals surface area (Å²) in [6, 6.07) is 4.20. The summed E-state index contributed by atoms with van der Waals surface area (Å²) in [5.41, 5.74) is 0.430. The fourth-order valence-electron chi connectivity index (χ4n) is 3.56. The maximum atomic E-state index is 13.4. The summed E-state index contributed by atoms with van der Waals surface area (Å²) < 4.78 is 24.7. The Kier molecular flexibility index (Phi) is 6.26. The Bertz CT molecular complexity index is 1100. The smallest absolute Gasteiger partial charge is 0.355 e. The van der Waals surface area contributed by atoms with E-state index in [1.165, 1.54) is 48.0 Å². The minimum Gasteiger partial charge on any atom is -0.490 e. The highest BCUT2D eigenvalue weighted by Gasteiger charge is 2.35. The van der Waals surface area contributed by atoms with Crippen molar-refractivity contribution < 1.29 is 23.5 Å². The van der Waals surface area contributed by atoms with Crippen LogP contribution in [0.4, 0.5) is 4.39 Å². The number of rotatable bonds is 6. The molecule has 0 radical (unpaired) electrons. The zero-order valence-electron chi connectivity index (χ0n) is 16.5. The number of aromatic nitrogens is 1. The van der Waals surface area contributed by atoms with Crippen LogP contribution in [0, 0.1) is 5.82 Å². The summed E-state index contributed by atoms with van der Waals surface area (Å²) >= 11 is 5.83. The minimum absolute atomic E-state index is 0.0102. The van der Waals surface area contributed by atoms with Gasteiger partial charge in [0.05, 0.1) is 24.8 Å². The van der Waals surface area contributed by atoms with Crippen LogP contribution in [-0.4, -0.2) is 42.1 Å². The third-order valence-corrected chi connectivity index (χ3v) is 5.20. The molecule has 2 heterocycles. The molecule has 1 aliphatic rings. The van der Waals surface area contributed by atoms with Gasteiger partial charge in [0.15, 0.2) is 5.75 Å². The summed E-state index contributed by atoms with van der Waals surface area (Å²) in [6.07, 6.45) is 1.77. The maximum Gasteiger partial charge on any atom is 0.355 e. The lowest BCUT2D eigenvalue weighted by Crippen LogP contribution is -2.42. The van der Waals surface area contributed by atoms with E-state index in [0.29, 0.717) is 17.5 Å². The van der Waals surface area contributed by atoms with Crippen molar-refractivity contribution in [2.24, 2.45) is 0 Å². The summed E-state index contributed by atoms with van der Waals surface area (Å²) in [5, 5.41) is -0.0461. The number of esters is 1. The van der Waals surface area contributed by atoms with E-state index in [1.807, 2.05) is 0 Å². The van der Waals surface area contributed by atoms with Crippen molar-refractivity contribution in [1.82, 2.24) is 9.47 Å². The molecule has 0 bridgehead atoms. The molecule has 9 heteroatoms. The molecule has 3 rings (SSSR count). The Hall–Kier alpha value is -3.13. The number of carbonyl (C=O) groups is 2. The van der Waals surface area contributed by atoms with Gasteiger partial charge in [-0.1, -0.05) is 23.7 Å². The Balaban J connectivity index is 2.12. The molecule has 1 amide bonds. The van der Waals surface area contributed by atoms with Crippen molar-refractivity contribution in [1.29, 1.82) is 0 Å². The fraction of sp³-hybridized carbons (Fsp3) is 0.286. The highest BCUT2D eigenvalue weighted by molar-refractivity contribution is 6.30. The zero-order valence-corrected chi connectivity index (χ0v) is 17.3. The third kappa shape index (κ3) is 3.70. The number of carbonyl (C=O) groups excluding carboxylic acids is 2. The van der Waals surface area contributed by atoms with Gasteiger partial charge < -0.3 is 14.4 Å². The lowest BCUT2D eigenvalue weighted by atomic mass is 9.95. The van der Waals surface area contributed by atoms with Crippen LogP contribution < -0.4 is 10.3 Å². The summed E-state index contributed by atoms with van der Waals surface area (Å²) in [5.74, 6) is -1.89. The number of benzene rings is 1. The molecule has 2 aromatic rings. The van der Waals surface area contributed by atoms with Crippen LogP contribution in [0.1, 0.15) is 32.0 Å². The Morgan fingerprint density at radius 3 is 2.67 bits per heavy atom. The Labute approximate surface area is 177 Å². The first-order valence-electron chi connectivity index (χ1n) is 9.10. The van der Waals surface area contributed by atoms with Crippen molar-refractivity contribution in [2.75, 3.05) is 20.8 Å². The first-order valence-corrected chi connectivity index (χ1v) is 9.47. The number of allylic oxidation sites excluding steroid dienone is 1. The number of ether oxygens (including phenoxy) is 2. The molecule has 30 heavy (non-hydrogen) atoms. The van der Waals surface area contributed by atoms with Crippen LogP contribution in [0.25, 0.3) is 0 Å². The summed E-state index contributed by atoms with van der Waals surface area (Å²) in [6.45, 7) is 4.10. The second-order valence-electron chi connectivity index (χ2n) is 6.66. The van der Waals surface area contributed by atoms with Gasteiger partial charge in [-0.15, -0.1) is 6.58 Å². The summed E-state index contributed by atoms with van der Waals surface area (Å²) in [7, 11) is 2.50. The number of hydrogen-bond acceptors (Lipinski definition) is 5. The molecule has 0 spiro atoms. The predicted octanol–water partition coefficient (Wildman–Crippen LogP) is 2.82. The molecule has 0 unspecified atom stereocenters. The zero-order chi connectivity index (χ0) is 22.0. The van der Waals surface area contributed by atoms with Crippen LogP contribution in [-0.2, 0) is 24.2 Å². The van der Waals surface area contributed by atoms with Gasteiger partial charge in [-0.2, -0.15) is 0 Å². The van der Waals surface area contributed by atoms with E-state index < -0.39 is 23.3 Å². The van der Waals surface area contributed by atoms with Gasteiger partial charge in [-0.25, -0.2) is 9.18 Å². The molecule has 0 N–H and O–H groups in total. The molecular formula is C21H20ClFN2O5. The van der Waals surface area contributed by atoms with E-state index in [2.05, 4.69) is 6.58 Å². The molecule has 0 atom stereocenters. The van der Waals surface area contributed by atoms with E-state index in [4.69, 9.17) is 21.1 Å². The second-order valence-corrected chi connectivity index (χ2v) is 7.06. The molecule has 1 aromatic heterocycles. The van der Waals surface area contributed by atoms with E-state index in [-0.39, 0.29) is 41.7 Å². The average Bonchev–Trinajstić information content (AvgIpc) is 2.73. The molecule has 0 fully saturated rings. The van der Waals surface area contributed by atoms with E-state index >= 15 is 0 Å². The predicted molar refractivity (Wildman–Crippen MR) is 109 cm³/mol. The quantitative estimate of drug-likeness (QED) is 0.516. The number of methoxy groups -OCH3 is 2. The molecule has 0 saturated heterocycles. The highest BCUT2D eigenvalue weighted by Crippen LogP contribution is 2.30. The van der Waals surface area contributed by atoms with Crippen molar-refractivity contribution in [3.63, 3.8) is 0 Å². The monoisotopic (exact) mass is 434 g/mol. The van der Waals surface area contributed by atoms with E-state index in [9.17, 15) is 18.8 Å². The highest BCUT2D eigenvalue weighted by atomic mass is 35.5. The van der Waals surface area contributed by atoms with Gasteiger partial charge in [-0.05, 0) is 24.1 Å². The van der Waals surface area contributed by atoms with Crippen LogP contribution in [0.15, 0.2) is 35.6 Å². The molecule has 158 valence electrons. The molecule has 7 nitrogen and oxygen atoms in total. The number of hydrogen-bond donors (Lipinski definition) is 0. The van der Waals surface area contributed by atoms with Crippen molar-refractivity contribution in [2.45, 2.75) is 19.5 Å². The largest absolute Gasteiger partial charge is 0.490 e. The number of fused-ring (bicyclic) bond motifs is 1. The summed E-state index contributed by atoms with van der Waals surface area (Å²) in [4.78, 5) is 40.1. The first kappa shape index (κ1) is 21.6. The minimum atomic E-state index is -0.723. The van der Waals surface area contributed by atoms with Crippen molar-refractivity contribution >= 4 is 23.5 Å². The van der Waals surface area contributed by atoms with Crippen LogP contribution in [0.5, 0.6) is 5.75 Å². The van der Waals surface area contributed by atoms with Gasteiger partial charge in [0, 0.05) is 25.2 Å². The molecule has 0 saturated carbocycles. The van der Waals surface area contributed by atoms with Crippen molar-refractivity contribution in [3.8, 4) is 5.75 Å². The van der Waals surface area contributed by atoms with E-state index in [0.717, 1.165) is 0 Å². The lowest BCUT2D eigenvalue weighted by Gasteiger charge is -2.31. The molecule has 0 aliphatic carbocycles. The fourth-order valence-corrected chi connectivity index (χ4v) is 3.76. The maximum absolute atomic E-state index is 13.4. The van der Waals surface area contributed by atoms with Gasteiger partial charge in [0.1, 0.15) is 11.5 Å². The Morgan fingerprint density at radius 1 is 1.33 bits per heavy atom. The standard InChI is InChI=1S/C21H20ClFN2O5/c1-4-8-25-17(21(28)30-3)13-7-9-24(11-12-5-6-15(23)14(22)10-12)19(26)16(13)18(29-2)20(25)27/h4-6,10H,1,7-9,11H2,2-3H3. The molecule has 1 aliphatic heterocycles. The van der Waals surface area contributed by atoms with Gasteiger partial charge >= 0.3 is 5.97 Å². The SMILES string of the molecule is C=CCn1c(C(=O)OC)c2c(c(OC)c1=O)C(=O)N(Cc1ccc(F)c(Cl)c1)CC2. The second kappa shape index (κ2) is 8.71. The van der Waals surface area contributed by atoms with Crippen LogP contribution in [0.2, 0.25) is 5.02 Å². The molecule has 1 aromatic carbocycles. The van der Waals surface area contributed by atoms with Gasteiger partial charge in [-0.3, -0.25) is 14.2 Å². The number of nitrogens with zero attached hydrogens (tertiary/aromatic N) is 2. The number of halogens is 2. The van der Waals surface area contributed by atoms with Crippen LogP contribution >= 0.6 is 11.6 Å². The van der Waals surface area contributed by atoms with E-state index in [1.54, 1.807) is 0 Å². The third-order valence-electron chi connectivity index (χ3n) is 4.91. The topological polar surface area (TPSA) is 77.8 Å². The van der Waals surface area contributed by atoms with Crippen LogP contribution in [0.3, 0.4) is 0 Å². The Morgan fingerprint density at radius 2 is 2.07 bits per heavy atom. The van der Waals surface area contributed by atoms with Gasteiger partial charge in [0.2, 0.25) is 0 Å². The number of pyridine rings is 1. The molecular weight excluding hydrogens is 415 g/mol. The van der Waals surface area contributed by atoms with Crippen molar-refractivity contribution in [3.05, 3.63) is 74.4 Å². The number of amides is 1.